The molecule has 0 radical (unpaired) electrons. The van der Waals surface area contributed by atoms with Gasteiger partial charge in [-0.25, -0.2) is 0 Å². The van der Waals surface area contributed by atoms with Gasteiger partial charge >= 0.3 is 0 Å². The Bertz CT molecular complexity index is 240. The van der Waals surface area contributed by atoms with Gasteiger partial charge in [-0.1, -0.05) is 13.8 Å². The van der Waals surface area contributed by atoms with Gasteiger partial charge in [0.05, 0.1) is 6.61 Å². The molecule has 0 aromatic rings. The smallest absolute Gasteiger partial charge is 0.0535 e. The number of ether oxygens (including phenoxy) is 2. The molecule has 1 aliphatic heterocycles. The molecule has 1 atom stereocenters. The van der Waals surface area contributed by atoms with Gasteiger partial charge in [0.2, 0.25) is 0 Å². The highest BCUT2D eigenvalue weighted by molar-refractivity contribution is 4.86. The summed E-state index contributed by atoms with van der Waals surface area (Å²) >= 11 is 0. The summed E-state index contributed by atoms with van der Waals surface area (Å²) in [5.41, 5.74) is 0.436. The molecule has 1 unspecified atom stereocenters. The van der Waals surface area contributed by atoms with Gasteiger partial charge in [-0.05, 0) is 46.0 Å². The molecule has 0 bridgehead atoms. The topological polar surface area (TPSA) is 30.5 Å². The van der Waals surface area contributed by atoms with Crippen LogP contribution in [0.15, 0.2) is 0 Å². The maximum absolute atomic E-state index is 5.77. The van der Waals surface area contributed by atoms with Crippen LogP contribution in [0.4, 0.5) is 0 Å². The van der Waals surface area contributed by atoms with Crippen molar-refractivity contribution in [3.8, 4) is 0 Å². The van der Waals surface area contributed by atoms with Crippen LogP contribution in [-0.4, -0.2) is 38.5 Å². The van der Waals surface area contributed by atoms with Crippen molar-refractivity contribution in [3.05, 3.63) is 0 Å². The Morgan fingerprint density at radius 1 is 1.32 bits per heavy atom. The summed E-state index contributed by atoms with van der Waals surface area (Å²) in [6.45, 7) is 15.6. The predicted octanol–water partition coefficient (Wildman–Crippen LogP) is 3.23. The van der Waals surface area contributed by atoms with E-state index in [1.165, 1.54) is 12.8 Å². The van der Waals surface area contributed by atoms with Crippen LogP contribution in [-0.2, 0) is 9.47 Å². The molecule has 19 heavy (non-hydrogen) atoms. The molecule has 1 fully saturated rings. The molecular formula is C16H33NO2. The Morgan fingerprint density at radius 2 is 2.05 bits per heavy atom. The molecule has 0 spiro atoms. The molecule has 1 N–H and O–H groups in total. The highest BCUT2D eigenvalue weighted by atomic mass is 16.5. The van der Waals surface area contributed by atoms with Crippen LogP contribution in [0.5, 0.6) is 0 Å². The number of hydrogen-bond acceptors (Lipinski definition) is 3. The lowest BCUT2D eigenvalue weighted by Crippen LogP contribution is -2.47. The lowest BCUT2D eigenvalue weighted by Gasteiger charge is -2.39. The molecule has 1 aliphatic rings. The quantitative estimate of drug-likeness (QED) is 0.721. The molecule has 0 saturated carbocycles. The summed E-state index contributed by atoms with van der Waals surface area (Å²) in [6.07, 6.45) is 3.53. The third-order valence-electron chi connectivity index (χ3n) is 3.63. The van der Waals surface area contributed by atoms with Gasteiger partial charge in [0, 0.05) is 37.3 Å². The molecule has 0 amide bonds. The first kappa shape index (κ1) is 16.9. The van der Waals surface area contributed by atoms with E-state index in [-0.39, 0.29) is 11.0 Å². The van der Waals surface area contributed by atoms with Gasteiger partial charge in [0.15, 0.2) is 0 Å². The fourth-order valence-electron chi connectivity index (χ4n) is 2.40. The molecule has 0 aromatic carbocycles. The maximum atomic E-state index is 5.77. The summed E-state index contributed by atoms with van der Waals surface area (Å²) in [5, 5.41) is 3.65. The van der Waals surface area contributed by atoms with Crippen molar-refractivity contribution in [2.24, 2.45) is 11.3 Å². The zero-order valence-electron chi connectivity index (χ0n) is 13.6. The standard InChI is InChI=1S/C16H33NO2/c1-14(2)11-18-10-8-16(7-6-9-19-13-16)12-17-15(3,4)5/h14,17H,6-13H2,1-5H3. The number of rotatable bonds is 7. The van der Waals surface area contributed by atoms with Crippen LogP contribution in [0.3, 0.4) is 0 Å². The van der Waals surface area contributed by atoms with Crippen LogP contribution in [0.2, 0.25) is 0 Å². The van der Waals surface area contributed by atoms with Crippen molar-refractivity contribution in [1.29, 1.82) is 0 Å². The second kappa shape index (κ2) is 7.61. The van der Waals surface area contributed by atoms with Gasteiger partial charge in [-0.2, -0.15) is 0 Å². The summed E-state index contributed by atoms with van der Waals surface area (Å²) in [6, 6.07) is 0. The third-order valence-corrected chi connectivity index (χ3v) is 3.63. The molecule has 3 heteroatoms. The van der Waals surface area contributed by atoms with E-state index < -0.39 is 0 Å². The van der Waals surface area contributed by atoms with Crippen LogP contribution >= 0.6 is 0 Å². The summed E-state index contributed by atoms with van der Waals surface area (Å²) in [4.78, 5) is 0. The van der Waals surface area contributed by atoms with Gasteiger partial charge in [0.1, 0.15) is 0 Å². The fourth-order valence-corrected chi connectivity index (χ4v) is 2.40. The molecule has 3 nitrogen and oxygen atoms in total. The Balaban J connectivity index is 2.41. The molecule has 0 aromatic heterocycles. The number of nitrogens with one attached hydrogen (secondary N) is 1. The van der Waals surface area contributed by atoms with Crippen molar-refractivity contribution in [2.75, 3.05) is 33.0 Å². The van der Waals surface area contributed by atoms with Gasteiger partial charge in [-0.15, -0.1) is 0 Å². The first-order chi connectivity index (χ1) is 8.83. The van der Waals surface area contributed by atoms with Crippen molar-refractivity contribution in [1.82, 2.24) is 5.32 Å². The Morgan fingerprint density at radius 3 is 2.58 bits per heavy atom. The Kier molecular flexibility index (Phi) is 6.78. The van der Waals surface area contributed by atoms with Crippen molar-refractivity contribution in [3.63, 3.8) is 0 Å². The minimum atomic E-state index is 0.170. The highest BCUT2D eigenvalue weighted by Crippen LogP contribution is 2.32. The second-order valence-electron chi connectivity index (χ2n) is 7.48. The van der Waals surface area contributed by atoms with Crippen molar-refractivity contribution in [2.45, 2.75) is 59.4 Å². The SMILES string of the molecule is CC(C)COCCC1(CNC(C)(C)C)CCCOC1. The Hall–Kier alpha value is -0.120. The van der Waals surface area contributed by atoms with E-state index in [0.29, 0.717) is 5.92 Å². The lowest BCUT2D eigenvalue weighted by atomic mass is 9.79. The molecule has 1 rings (SSSR count). The van der Waals surface area contributed by atoms with E-state index in [0.717, 1.165) is 39.4 Å². The van der Waals surface area contributed by atoms with E-state index in [1.807, 2.05) is 0 Å². The van der Waals surface area contributed by atoms with E-state index in [1.54, 1.807) is 0 Å². The van der Waals surface area contributed by atoms with Crippen LogP contribution in [0.1, 0.15) is 53.9 Å². The minimum absolute atomic E-state index is 0.170. The summed E-state index contributed by atoms with van der Waals surface area (Å²) in [5.74, 6) is 0.617. The Labute approximate surface area is 119 Å². The fraction of sp³-hybridized carbons (Fsp3) is 1.00. The van der Waals surface area contributed by atoms with E-state index in [9.17, 15) is 0 Å². The average molecular weight is 271 g/mol. The van der Waals surface area contributed by atoms with Gasteiger partial charge in [-0.3, -0.25) is 0 Å². The normalized spacial score (nSPS) is 24.9. The monoisotopic (exact) mass is 271 g/mol. The molecule has 114 valence electrons. The largest absolute Gasteiger partial charge is 0.381 e. The zero-order chi connectivity index (χ0) is 14.4. The molecular weight excluding hydrogens is 238 g/mol. The first-order valence-electron chi connectivity index (χ1n) is 7.74. The van der Waals surface area contributed by atoms with Gasteiger partial charge in [0.25, 0.3) is 0 Å². The van der Waals surface area contributed by atoms with Gasteiger partial charge < -0.3 is 14.8 Å². The molecule has 1 heterocycles. The number of hydrogen-bond donors (Lipinski definition) is 1. The van der Waals surface area contributed by atoms with Crippen LogP contribution < -0.4 is 5.32 Å². The summed E-state index contributed by atoms with van der Waals surface area (Å²) < 4.78 is 11.5. The van der Waals surface area contributed by atoms with E-state index >= 15 is 0 Å². The highest BCUT2D eigenvalue weighted by Gasteiger charge is 2.33. The zero-order valence-corrected chi connectivity index (χ0v) is 13.6. The lowest BCUT2D eigenvalue weighted by molar-refractivity contribution is -0.0314. The minimum Gasteiger partial charge on any atom is -0.381 e. The second-order valence-corrected chi connectivity index (χ2v) is 7.48. The van der Waals surface area contributed by atoms with E-state index in [2.05, 4.69) is 39.9 Å². The maximum Gasteiger partial charge on any atom is 0.0535 e. The van der Waals surface area contributed by atoms with Crippen molar-refractivity contribution >= 4 is 0 Å². The predicted molar refractivity (Wildman–Crippen MR) is 80.5 cm³/mol. The van der Waals surface area contributed by atoms with Crippen molar-refractivity contribution < 1.29 is 9.47 Å². The third kappa shape index (κ3) is 7.28. The molecule has 0 aliphatic carbocycles. The van der Waals surface area contributed by atoms with Crippen LogP contribution in [0, 0.1) is 11.3 Å². The summed E-state index contributed by atoms with van der Waals surface area (Å²) in [7, 11) is 0. The van der Waals surface area contributed by atoms with Crippen LogP contribution in [0.25, 0.3) is 0 Å². The molecule has 1 saturated heterocycles. The van der Waals surface area contributed by atoms with E-state index in [4.69, 9.17) is 9.47 Å². The average Bonchev–Trinajstić information content (AvgIpc) is 2.33. The first-order valence-corrected chi connectivity index (χ1v) is 7.74.